The zero-order chi connectivity index (χ0) is 54.5. The van der Waals surface area contributed by atoms with Gasteiger partial charge in [0.2, 0.25) is 23.6 Å². The number of anilines is 1. The summed E-state index contributed by atoms with van der Waals surface area (Å²) in [6.45, 7) is 3.60. The molecular formula is C55H68N10O11S. The van der Waals surface area contributed by atoms with E-state index in [0.29, 0.717) is 139 Å². The summed E-state index contributed by atoms with van der Waals surface area (Å²) in [5.74, 6) is 5.54. The van der Waals surface area contributed by atoms with Crippen molar-refractivity contribution in [1.82, 2.24) is 30.9 Å². The van der Waals surface area contributed by atoms with Crippen molar-refractivity contribution in [2.45, 2.75) is 101 Å². The molecule has 1 aromatic heterocycles. The van der Waals surface area contributed by atoms with Gasteiger partial charge in [0.25, 0.3) is 0 Å². The summed E-state index contributed by atoms with van der Waals surface area (Å²) in [5, 5.41) is 57.7. The molecule has 3 heterocycles. The number of nitriles is 1. The number of thioether (sulfide) groups is 1. The first-order valence-electron chi connectivity index (χ1n) is 26.1. The van der Waals surface area contributed by atoms with Gasteiger partial charge in [0, 0.05) is 86.0 Å². The Morgan fingerprint density at radius 1 is 0.792 bits per heavy atom. The number of unbranched alkanes of at least 4 members (excludes halogenated alkanes) is 2. The number of phenols is 1. The van der Waals surface area contributed by atoms with Gasteiger partial charge in [0.1, 0.15) is 23.7 Å². The van der Waals surface area contributed by atoms with Crippen molar-refractivity contribution in [2.75, 3.05) is 70.4 Å². The number of ether oxygens (including phenoxy) is 4. The lowest BCUT2D eigenvalue weighted by molar-refractivity contribution is -0.122. The van der Waals surface area contributed by atoms with Crippen molar-refractivity contribution >= 4 is 58.4 Å². The lowest BCUT2D eigenvalue weighted by atomic mass is 9.97. The Morgan fingerprint density at radius 2 is 1.49 bits per heavy atom. The third-order valence-electron chi connectivity index (χ3n) is 12.5. The average Bonchev–Trinajstić information content (AvgIpc) is 4.16. The van der Waals surface area contributed by atoms with Crippen LogP contribution >= 0.6 is 11.8 Å². The van der Waals surface area contributed by atoms with Crippen molar-refractivity contribution in [3.63, 3.8) is 0 Å². The minimum absolute atomic E-state index is 0.00967. The van der Waals surface area contributed by atoms with Gasteiger partial charge in [-0.1, -0.05) is 23.6 Å². The van der Waals surface area contributed by atoms with E-state index in [1.807, 2.05) is 18.0 Å². The summed E-state index contributed by atoms with van der Waals surface area (Å²) >= 11 is 1.94. The summed E-state index contributed by atoms with van der Waals surface area (Å²) in [4.78, 5) is 61.0. The maximum atomic E-state index is 12.6. The number of carboxylic acid groups (broad SMARTS) is 1. The van der Waals surface area contributed by atoms with Gasteiger partial charge in [-0.15, -0.1) is 15.3 Å². The van der Waals surface area contributed by atoms with Crippen molar-refractivity contribution in [1.29, 1.82) is 5.26 Å². The van der Waals surface area contributed by atoms with E-state index in [1.165, 1.54) is 18.2 Å². The van der Waals surface area contributed by atoms with Crippen LogP contribution in [0, 0.1) is 29.1 Å². The summed E-state index contributed by atoms with van der Waals surface area (Å²) in [7, 11) is 0. The Hall–Kier alpha value is -7.37. The maximum absolute atomic E-state index is 12.6. The van der Waals surface area contributed by atoms with Crippen LogP contribution in [0.15, 0.2) is 77.1 Å². The quantitative estimate of drug-likeness (QED) is 0.0161. The number of nitrogens with zero attached hydrogens (tertiary/aromatic N) is 6. The molecule has 0 bridgehead atoms. The lowest BCUT2D eigenvalue weighted by Gasteiger charge is -2.17. The van der Waals surface area contributed by atoms with Crippen molar-refractivity contribution in [3.05, 3.63) is 89.2 Å². The first-order chi connectivity index (χ1) is 37.5. The van der Waals surface area contributed by atoms with Crippen LogP contribution in [0.2, 0.25) is 0 Å². The number of amides is 4. The van der Waals surface area contributed by atoms with E-state index in [-0.39, 0.29) is 65.3 Å². The molecule has 6 N–H and O–H groups in total. The molecule has 77 heavy (non-hydrogen) atoms. The minimum Gasteiger partial charge on any atom is -0.508 e. The number of carboxylic acids is 1. The van der Waals surface area contributed by atoms with Gasteiger partial charge >= 0.3 is 5.97 Å². The molecule has 2 saturated heterocycles. The van der Waals surface area contributed by atoms with Gasteiger partial charge < -0.3 is 50.4 Å². The third-order valence-corrected chi connectivity index (χ3v) is 14.1. The topological polar surface area (TPSA) is 290 Å². The van der Waals surface area contributed by atoms with Crippen LogP contribution in [0.25, 0.3) is 0 Å². The number of carbonyl (C=O) groups is 5. The molecule has 3 atom stereocenters. The molecule has 2 aliphatic rings. The number of azo groups is 1. The highest BCUT2D eigenvalue weighted by Crippen LogP contribution is 2.39. The number of carbonyl (C=O) groups excluding carboxylic acids is 4. The number of rotatable bonds is 35. The SMILES string of the molecule is N#CC#Cc1ccc(NC(=O)CCCCn2cc(CCCC(=O)NCCCc3ccc(N=Nc4ccc(O)cc4OCCOCCOCCOCCNC(=O)CCCC[C@@H]4SCC5CC(=O)NC54)c(C(=O)O)c3)nn2)cc1. The fraction of sp³-hybridized carbons (Fsp3) is 0.491. The van der Waals surface area contributed by atoms with Gasteiger partial charge in [-0.2, -0.15) is 17.0 Å². The van der Waals surface area contributed by atoms with Crippen LogP contribution in [0.4, 0.5) is 17.1 Å². The van der Waals surface area contributed by atoms with E-state index in [4.69, 9.17) is 24.2 Å². The highest BCUT2D eigenvalue weighted by atomic mass is 32.2. The Bertz CT molecular complexity index is 2700. The fourth-order valence-corrected chi connectivity index (χ4v) is 10.2. The van der Waals surface area contributed by atoms with Crippen LogP contribution in [0.1, 0.15) is 97.8 Å². The largest absolute Gasteiger partial charge is 0.508 e. The lowest BCUT2D eigenvalue weighted by Crippen LogP contribution is -2.34. The van der Waals surface area contributed by atoms with Crippen LogP contribution in [-0.4, -0.2) is 131 Å². The number of aromatic carboxylic acids is 1. The molecule has 6 rings (SSSR count). The third kappa shape index (κ3) is 21.7. The Kier molecular flexibility index (Phi) is 25.2. The van der Waals surface area contributed by atoms with Gasteiger partial charge in [0.05, 0.1) is 50.9 Å². The molecular weight excluding hydrogens is 1010 g/mol. The molecule has 2 fully saturated rings. The van der Waals surface area contributed by atoms with Crippen LogP contribution in [-0.2, 0) is 52.8 Å². The molecule has 22 heteroatoms. The van der Waals surface area contributed by atoms with E-state index in [0.717, 1.165) is 42.7 Å². The summed E-state index contributed by atoms with van der Waals surface area (Å²) in [5.41, 5.74) is 3.27. The normalized spacial score (nSPS) is 15.5. The number of fused-ring (bicyclic) bond motifs is 1. The Morgan fingerprint density at radius 3 is 2.27 bits per heavy atom. The number of hydrogen-bond donors (Lipinski definition) is 6. The number of aryl methyl sites for hydroxylation is 3. The number of aromatic hydroxyl groups is 1. The molecule has 2 unspecified atom stereocenters. The van der Waals surface area contributed by atoms with E-state index in [1.54, 1.807) is 53.2 Å². The number of aromatic nitrogens is 3. The molecule has 4 aromatic rings. The summed E-state index contributed by atoms with van der Waals surface area (Å²) in [6, 6.07) is 18.2. The molecule has 410 valence electrons. The molecule has 21 nitrogen and oxygen atoms in total. The van der Waals surface area contributed by atoms with E-state index >= 15 is 0 Å². The highest BCUT2D eigenvalue weighted by molar-refractivity contribution is 8.00. The first-order valence-corrected chi connectivity index (χ1v) is 27.2. The monoisotopic (exact) mass is 1080 g/mol. The smallest absolute Gasteiger partial charge is 0.337 e. The standard InChI is InChI=1S/C55H68N10O11S/c56-23-6-8-39-15-18-42(19-16-39)59-52(69)13-3-4-26-65-37-43(61-64-65)10-5-14-51(68)57-24-7-9-40-17-21-46(45(34-40)55(71)72)62-63-47-22-20-44(66)36-48(47)76-33-32-75-31-30-74-29-28-73-27-25-58-50(67)12-2-1-11-49-54-41(38-77-49)35-53(70)60-54/h15-22,34,36-37,41,49,54,66H,1-5,7,9-14,24-33,35,38H2,(H,57,68)(H,58,67)(H,59,69)(H,60,70)(H,71,72)/t41?,49-,54?/m0/s1. The molecule has 4 amide bonds. The number of nitrogens with one attached hydrogen (secondary N) is 4. The van der Waals surface area contributed by atoms with Crippen LogP contribution in [0.5, 0.6) is 11.5 Å². The second-order valence-electron chi connectivity index (χ2n) is 18.4. The Labute approximate surface area is 452 Å². The molecule has 3 aromatic carbocycles. The number of phenolic OH excluding ortho intramolecular Hbond substituents is 1. The maximum Gasteiger partial charge on any atom is 0.337 e. The average molecular weight is 1080 g/mol. The zero-order valence-electron chi connectivity index (χ0n) is 43.2. The highest BCUT2D eigenvalue weighted by Gasteiger charge is 2.42. The molecule has 0 saturated carbocycles. The van der Waals surface area contributed by atoms with E-state index < -0.39 is 5.97 Å². The minimum atomic E-state index is -1.17. The van der Waals surface area contributed by atoms with Crippen molar-refractivity contribution in [3.8, 4) is 29.4 Å². The second kappa shape index (κ2) is 32.9. The van der Waals surface area contributed by atoms with E-state index in [2.05, 4.69) is 53.6 Å². The summed E-state index contributed by atoms with van der Waals surface area (Å²) < 4.78 is 24.3. The zero-order valence-corrected chi connectivity index (χ0v) is 44.0. The molecule has 2 aliphatic heterocycles. The van der Waals surface area contributed by atoms with E-state index in [9.17, 15) is 34.2 Å². The second-order valence-corrected chi connectivity index (χ2v) is 19.7. The van der Waals surface area contributed by atoms with Crippen molar-refractivity contribution in [2.24, 2.45) is 16.1 Å². The van der Waals surface area contributed by atoms with Crippen molar-refractivity contribution < 1.29 is 53.1 Å². The first kappa shape index (κ1) is 58.9. The van der Waals surface area contributed by atoms with Gasteiger partial charge in [-0.05, 0) is 117 Å². The molecule has 0 spiro atoms. The number of hydrogen-bond acceptors (Lipinski definition) is 16. The summed E-state index contributed by atoms with van der Waals surface area (Å²) in [6.07, 6.45) is 10.1. The molecule has 0 radical (unpaired) electrons. The Balaban J connectivity index is 0.770. The predicted octanol–water partition coefficient (Wildman–Crippen LogP) is 6.58. The van der Waals surface area contributed by atoms with Gasteiger partial charge in [0.15, 0.2) is 11.8 Å². The van der Waals surface area contributed by atoms with Gasteiger partial charge in [-0.25, -0.2) is 4.79 Å². The molecule has 0 aliphatic carbocycles. The predicted molar refractivity (Wildman–Crippen MR) is 287 cm³/mol. The fourth-order valence-electron chi connectivity index (χ4n) is 8.56. The van der Waals surface area contributed by atoms with Crippen LogP contribution in [0.3, 0.4) is 0 Å². The number of benzene rings is 3. The van der Waals surface area contributed by atoms with Crippen LogP contribution < -0.4 is 26.0 Å². The van der Waals surface area contributed by atoms with Gasteiger partial charge in [-0.3, -0.25) is 23.9 Å².